The minimum Gasteiger partial charge on any atom is -0.306 e. The molecule has 6 heteroatoms. The number of rotatable bonds is 1. The predicted molar refractivity (Wildman–Crippen MR) is 50.2 cm³/mol. The Hall–Kier alpha value is -1.85. The van der Waals surface area contributed by atoms with Crippen LogP contribution >= 0.6 is 0 Å². The number of carbonyl (C=O) groups is 1. The van der Waals surface area contributed by atoms with Crippen molar-refractivity contribution >= 4 is 11.4 Å². The molecule has 0 unspecified atom stereocenters. The minimum absolute atomic E-state index is 0.152. The van der Waals surface area contributed by atoms with E-state index in [-0.39, 0.29) is 11.5 Å². The highest BCUT2D eigenvalue weighted by Gasteiger charge is 2.30. The van der Waals surface area contributed by atoms with Crippen molar-refractivity contribution in [1.82, 2.24) is 9.38 Å². The third-order valence-electron chi connectivity index (χ3n) is 2.14. The number of hydrogen-bond donors (Lipinski definition) is 0. The van der Waals surface area contributed by atoms with Crippen molar-refractivity contribution in [1.29, 1.82) is 0 Å². The van der Waals surface area contributed by atoms with Gasteiger partial charge in [0.25, 0.3) is 0 Å². The SMILES string of the molecule is CC(=O)c1cn2cc(C(F)(F)F)ccc2n1. The van der Waals surface area contributed by atoms with Crippen molar-refractivity contribution in [2.24, 2.45) is 0 Å². The average molecular weight is 228 g/mol. The summed E-state index contributed by atoms with van der Waals surface area (Å²) in [5, 5.41) is 0. The third-order valence-corrected chi connectivity index (χ3v) is 2.14. The Morgan fingerprint density at radius 2 is 2.00 bits per heavy atom. The van der Waals surface area contributed by atoms with E-state index in [1.54, 1.807) is 0 Å². The lowest BCUT2D eigenvalue weighted by Crippen LogP contribution is -2.05. The van der Waals surface area contributed by atoms with Crippen LogP contribution in [0, 0.1) is 0 Å². The van der Waals surface area contributed by atoms with Gasteiger partial charge in [-0.2, -0.15) is 13.2 Å². The predicted octanol–water partition coefficient (Wildman–Crippen LogP) is 2.56. The van der Waals surface area contributed by atoms with E-state index in [2.05, 4.69) is 4.98 Å². The quantitative estimate of drug-likeness (QED) is 0.703. The van der Waals surface area contributed by atoms with Gasteiger partial charge in [0, 0.05) is 19.3 Å². The number of imidazole rings is 1. The monoisotopic (exact) mass is 228 g/mol. The topological polar surface area (TPSA) is 34.4 Å². The highest BCUT2D eigenvalue weighted by Crippen LogP contribution is 2.29. The second kappa shape index (κ2) is 3.33. The number of nitrogens with zero attached hydrogens (tertiary/aromatic N) is 2. The number of carbonyl (C=O) groups excluding carboxylic acids is 1. The fourth-order valence-corrected chi connectivity index (χ4v) is 1.33. The molecule has 2 heterocycles. The normalized spacial score (nSPS) is 12.0. The smallest absolute Gasteiger partial charge is 0.306 e. The zero-order chi connectivity index (χ0) is 11.9. The summed E-state index contributed by atoms with van der Waals surface area (Å²) < 4.78 is 38.3. The van der Waals surface area contributed by atoms with Crippen LogP contribution in [0.2, 0.25) is 0 Å². The fraction of sp³-hybridized carbons (Fsp3) is 0.200. The molecule has 0 atom stereocenters. The largest absolute Gasteiger partial charge is 0.417 e. The van der Waals surface area contributed by atoms with Crippen LogP contribution in [0.1, 0.15) is 23.0 Å². The van der Waals surface area contributed by atoms with Crippen LogP contribution in [0.3, 0.4) is 0 Å². The lowest BCUT2D eigenvalue weighted by atomic mass is 10.3. The Morgan fingerprint density at radius 1 is 1.31 bits per heavy atom. The standard InChI is InChI=1S/C10H7F3N2O/c1-6(16)8-5-15-4-7(10(11,12)13)2-3-9(15)14-8/h2-5H,1H3. The molecule has 0 aliphatic heterocycles. The molecule has 0 spiro atoms. The second-order valence-corrected chi connectivity index (χ2v) is 3.36. The first-order chi connectivity index (χ1) is 7.38. The van der Waals surface area contributed by atoms with E-state index in [0.717, 1.165) is 12.3 Å². The highest BCUT2D eigenvalue weighted by atomic mass is 19.4. The van der Waals surface area contributed by atoms with Crippen molar-refractivity contribution in [2.45, 2.75) is 13.1 Å². The number of aromatic nitrogens is 2. The maximum atomic E-state index is 12.4. The van der Waals surface area contributed by atoms with Crippen LogP contribution in [-0.4, -0.2) is 15.2 Å². The van der Waals surface area contributed by atoms with Gasteiger partial charge in [0.05, 0.1) is 5.56 Å². The summed E-state index contributed by atoms with van der Waals surface area (Å²) in [6.07, 6.45) is -2.20. The summed E-state index contributed by atoms with van der Waals surface area (Å²) in [6.45, 7) is 1.31. The Balaban J connectivity index is 2.58. The first kappa shape index (κ1) is 10.7. The first-order valence-electron chi connectivity index (χ1n) is 4.45. The summed E-state index contributed by atoms with van der Waals surface area (Å²) in [4.78, 5) is 14.9. The first-order valence-corrected chi connectivity index (χ1v) is 4.45. The number of halogens is 3. The molecule has 16 heavy (non-hydrogen) atoms. The van der Waals surface area contributed by atoms with Gasteiger partial charge in [-0.25, -0.2) is 4.98 Å². The second-order valence-electron chi connectivity index (χ2n) is 3.36. The van der Waals surface area contributed by atoms with Crippen molar-refractivity contribution in [2.75, 3.05) is 0 Å². The van der Waals surface area contributed by atoms with Crippen molar-refractivity contribution in [3.05, 3.63) is 35.8 Å². The number of fused-ring (bicyclic) bond motifs is 1. The van der Waals surface area contributed by atoms with Gasteiger partial charge >= 0.3 is 6.18 Å². The molecule has 0 bridgehead atoms. The molecule has 0 N–H and O–H groups in total. The van der Waals surface area contributed by atoms with Gasteiger partial charge < -0.3 is 4.40 Å². The van der Waals surface area contributed by atoms with E-state index in [9.17, 15) is 18.0 Å². The molecule has 3 nitrogen and oxygen atoms in total. The van der Waals surface area contributed by atoms with Crippen molar-refractivity contribution in [3.8, 4) is 0 Å². The summed E-state index contributed by atoms with van der Waals surface area (Å²) in [5.74, 6) is -0.280. The molecule has 0 aromatic carbocycles. The van der Waals surface area contributed by atoms with Crippen molar-refractivity contribution in [3.63, 3.8) is 0 Å². The molecule has 84 valence electrons. The van der Waals surface area contributed by atoms with Gasteiger partial charge in [-0.05, 0) is 12.1 Å². The van der Waals surface area contributed by atoms with Gasteiger partial charge in [-0.3, -0.25) is 4.79 Å². The minimum atomic E-state index is -4.39. The van der Waals surface area contributed by atoms with Crippen LogP contribution < -0.4 is 0 Å². The molecular formula is C10H7F3N2O. The molecule has 0 aliphatic carbocycles. The molecule has 2 rings (SSSR count). The summed E-state index contributed by atoms with van der Waals surface area (Å²) in [5.41, 5.74) is -0.301. The molecule has 0 aliphatic rings. The highest BCUT2D eigenvalue weighted by molar-refractivity contribution is 5.92. The van der Waals surface area contributed by atoms with E-state index in [0.29, 0.717) is 5.65 Å². The number of Topliss-reactive ketones (excluding diaryl/α,β-unsaturated/α-hetero) is 1. The van der Waals surface area contributed by atoms with Crippen LogP contribution in [0.5, 0.6) is 0 Å². The van der Waals surface area contributed by atoms with Crippen molar-refractivity contribution < 1.29 is 18.0 Å². The van der Waals surface area contributed by atoms with E-state index >= 15 is 0 Å². The number of pyridine rings is 1. The van der Waals surface area contributed by atoms with Gasteiger partial charge in [-0.15, -0.1) is 0 Å². The van der Waals surface area contributed by atoms with Gasteiger partial charge in [-0.1, -0.05) is 0 Å². The molecule has 0 saturated heterocycles. The Morgan fingerprint density at radius 3 is 2.56 bits per heavy atom. The van der Waals surface area contributed by atoms with Crippen LogP contribution in [0.25, 0.3) is 5.65 Å². The van der Waals surface area contributed by atoms with Gasteiger partial charge in [0.2, 0.25) is 0 Å². The summed E-state index contributed by atoms with van der Waals surface area (Å²) in [7, 11) is 0. The Bertz CT molecular complexity index is 557. The van der Waals surface area contributed by atoms with Gasteiger partial charge in [0.15, 0.2) is 5.78 Å². The van der Waals surface area contributed by atoms with E-state index < -0.39 is 11.7 Å². The molecule has 2 aromatic heterocycles. The van der Waals surface area contributed by atoms with Crippen LogP contribution in [0.4, 0.5) is 13.2 Å². The Labute approximate surface area is 88.5 Å². The van der Waals surface area contributed by atoms with E-state index in [4.69, 9.17) is 0 Å². The molecule has 2 aromatic rings. The zero-order valence-corrected chi connectivity index (χ0v) is 8.25. The average Bonchev–Trinajstić information content (AvgIpc) is 2.58. The number of ketones is 1. The maximum Gasteiger partial charge on any atom is 0.417 e. The zero-order valence-electron chi connectivity index (χ0n) is 8.25. The number of hydrogen-bond acceptors (Lipinski definition) is 2. The lowest BCUT2D eigenvalue weighted by Gasteiger charge is -2.05. The molecule has 0 saturated carbocycles. The summed E-state index contributed by atoms with van der Waals surface area (Å²) in [6, 6.07) is 2.17. The summed E-state index contributed by atoms with van der Waals surface area (Å²) >= 11 is 0. The van der Waals surface area contributed by atoms with Gasteiger partial charge in [0.1, 0.15) is 11.3 Å². The lowest BCUT2D eigenvalue weighted by molar-refractivity contribution is -0.137. The van der Waals surface area contributed by atoms with E-state index in [1.165, 1.54) is 23.6 Å². The Kier molecular flexibility index (Phi) is 2.22. The van der Waals surface area contributed by atoms with Crippen LogP contribution in [-0.2, 0) is 6.18 Å². The molecule has 0 fully saturated rings. The van der Waals surface area contributed by atoms with E-state index in [1.807, 2.05) is 0 Å². The van der Waals surface area contributed by atoms with Crippen LogP contribution in [0.15, 0.2) is 24.5 Å². The fourth-order valence-electron chi connectivity index (χ4n) is 1.33. The third kappa shape index (κ3) is 1.78. The maximum absolute atomic E-state index is 12.4. The number of alkyl halides is 3. The molecule has 0 radical (unpaired) electrons. The molecular weight excluding hydrogens is 221 g/mol. The molecule has 0 amide bonds.